The van der Waals surface area contributed by atoms with Gasteiger partial charge in [-0.1, -0.05) is 34.7 Å². The molecular formula is C16H16IN3O3. The molecule has 2 fully saturated rings. The Morgan fingerprint density at radius 1 is 1.17 bits per heavy atom. The lowest BCUT2D eigenvalue weighted by Crippen LogP contribution is -2.52. The van der Waals surface area contributed by atoms with E-state index in [9.17, 15) is 14.4 Å². The summed E-state index contributed by atoms with van der Waals surface area (Å²) in [6, 6.07) is 5.35. The molecule has 0 spiro atoms. The molecule has 0 aromatic heterocycles. The molecule has 1 atom stereocenters. The Morgan fingerprint density at radius 3 is 2.65 bits per heavy atom. The zero-order valence-electron chi connectivity index (χ0n) is 12.4. The van der Waals surface area contributed by atoms with Crippen molar-refractivity contribution in [1.29, 1.82) is 0 Å². The number of rotatable bonds is 2. The van der Waals surface area contributed by atoms with Gasteiger partial charge in [0, 0.05) is 35.7 Å². The highest BCUT2D eigenvalue weighted by atomic mass is 127. The first kappa shape index (κ1) is 14.9. The third kappa shape index (κ3) is 2.41. The normalized spacial score (nSPS) is 24.6. The number of benzene rings is 1. The molecule has 3 amide bonds. The van der Waals surface area contributed by atoms with Crippen LogP contribution < -0.4 is 10.2 Å². The predicted molar refractivity (Wildman–Crippen MR) is 92.5 cm³/mol. The fourth-order valence-corrected chi connectivity index (χ4v) is 4.43. The van der Waals surface area contributed by atoms with Crippen LogP contribution in [0, 0.1) is 0 Å². The second kappa shape index (κ2) is 5.47. The molecule has 0 aliphatic carbocycles. The summed E-state index contributed by atoms with van der Waals surface area (Å²) in [7, 11) is 0. The SMILES string of the molecule is O=C1CCC(N2Cc3cccc(N4CC(I)C4)c3C2=O)C(=O)N1. The number of nitrogens with zero attached hydrogens (tertiary/aromatic N) is 2. The molecule has 2 saturated heterocycles. The zero-order chi connectivity index (χ0) is 16.1. The van der Waals surface area contributed by atoms with Crippen LogP contribution in [0.3, 0.4) is 0 Å². The Bertz CT molecular complexity index is 715. The van der Waals surface area contributed by atoms with E-state index in [1.54, 1.807) is 4.90 Å². The van der Waals surface area contributed by atoms with Crippen LogP contribution in [-0.4, -0.2) is 45.7 Å². The Morgan fingerprint density at radius 2 is 1.96 bits per heavy atom. The molecule has 4 rings (SSSR count). The van der Waals surface area contributed by atoms with Gasteiger partial charge in [-0.3, -0.25) is 19.7 Å². The second-order valence-corrected chi connectivity index (χ2v) is 7.98. The van der Waals surface area contributed by atoms with Crippen molar-refractivity contribution in [1.82, 2.24) is 10.2 Å². The summed E-state index contributed by atoms with van der Waals surface area (Å²) >= 11 is 2.41. The number of carbonyl (C=O) groups is 3. The minimum Gasteiger partial charge on any atom is -0.369 e. The van der Waals surface area contributed by atoms with E-state index in [4.69, 9.17) is 0 Å². The molecule has 1 aromatic carbocycles. The Hall–Kier alpha value is -1.64. The molecule has 0 radical (unpaired) electrons. The van der Waals surface area contributed by atoms with E-state index in [2.05, 4.69) is 32.8 Å². The summed E-state index contributed by atoms with van der Waals surface area (Å²) in [5.74, 6) is -0.716. The highest BCUT2D eigenvalue weighted by Crippen LogP contribution is 2.36. The summed E-state index contributed by atoms with van der Waals surface area (Å²) in [5, 5.41) is 2.34. The van der Waals surface area contributed by atoms with Crippen molar-refractivity contribution in [3.8, 4) is 0 Å². The maximum atomic E-state index is 12.9. The van der Waals surface area contributed by atoms with Gasteiger partial charge in [-0.25, -0.2) is 0 Å². The van der Waals surface area contributed by atoms with Gasteiger partial charge >= 0.3 is 0 Å². The zero-order valence-corrected chi connectivity index (χ0v) is 14.6. The van der Waals surface area contributed by atoms with Crippen molar-refractivity contribution in [2.75, 3.05) is 18.0 Å². The molecule has 3 heterocycles. The van der Waals surface area contributed by atoms with E-state index >= 15 is 0 Å². The quantitative estimate of drug-likeness (QED) is 0.438. The number of amides is 3. The Balaban J connectivity index is 1.62. The molecule has 3 aliphatic rings. The van der Waals surface area contributed by atoms with Crippen molar-refractivity contribution < 1.29 is 14.4 Å². The van der Waals surface area contributed by atoms with E-state index in [-0.39, 0.29) is 24.1 Å². The van der Waals surface area contributed by atoms with Gasteiger partial charge < -0.3 is 9.80 Å². The summed E-state index contributed by atoms with van der Waals surface area (Å²) in [6.07, 6.45) is 0.686. The van der Waals surface area contributed by atoms with Gasteiger partial charge in [-0.2, -0.15) is 0 Å². The molecule has 6 nitrogen and oxygen atoms in total. The number of hydrogen-bond acceptors (Lipinski definition) is 4. The van der Waals surface area contributed by atoms with Crippen LogP contribution in [0.15, 0.2) is 18.2 Å². The summed E-state index contributed by atoms with van der Waals surface area (Å²) < 4.78 is 0.617. The van der Waals surface area contributed by atoms with Crippen LogP contribution in [0.5, 0.6) is 0 Å². The van der Waals surface area contributed by atoms with Crippen LogP contribution in [0.25, 0.3) is 0 Å². The number of nitrogens with one attached hydrogen (secondary N) is 1. The third-order valence-electron chi connectivity index (χ3n) is 4.71. The lowest BCUT2D eigenvalue weighted by Gasteiger charge is -2.39. The molecular weight excluding hydrogens is 409 g/mol. The molecule has 1 aromatic rings. The lowest BCUT2D eigenvalue weighted by atomic mass is 10.0. The first-order valence-corrected chi connectivity index (χ1v) is 8.94. The van der Waals surface area contributed by atoms with Crippen LogP contribution in [0.1, 0.15) is 28.8 Å². The standard InChI is InChI=1S/C16H16IN3O3/c17-10-7-19(8-10)11-3-1-2-9-6-20(16(23)14(9)11)12-4-5-13(21)18-15(12)22/h1-3,10,12H,4-8H2,(H,18,21,22). The number of halogens is 1. The number of hydrogen-bond donors (Lipinski definition) is 1. The largest absolute Gasteiger partial charge is 0.369 e. The maximum Gasteiger partial charge on any atom is 0.257 e. The van der Waals surface area contributed by atoms with Crippen LogP contribution in [-0.2, 0) is 16.1 Å². The number of fused-ring (bicyclic) bond motifs is 1. The Kier molecular flexibility index (Phi) is 3.55. The summed E-state index contributed by atoms with van der Waals surface area (Å²) in [6.45, 7) is 2.33. The van der Waals surface area contributed by atoms with E-state index in [0.29, 0.717) is 16.9 Å². The van der Waals surface area contributed by atoms with Crippen molar-refractivity contribution in [3.05, 3.63) is 29.3 Å². The minimum absolute atomic E-state index is 0.0954. The smallest absolute Gasteiger partial charge is 0.257 e. The van der Waals surface area contributed by atoms with Crippen LogP contribution >= 0.6 is 22.6 Å². The summed E-state index contributed by atoms with van der Waals surface area (Å²) in [5.41, 5.74) is 2.66. The van der Waals surface area contributed by atoms with Gasteiger partial charge in [0.25, 0.3) is 5.91 Å². The van der Waals surface area contributed by atoms with Crippen molar-refractivity contribution >= 4 is 46.0 Å². The number of imide groups is 1. The monoisotopic (exact) mass is 425 g/mol. The number of piperidine rings is 1. The van der Waals surface area contributed by atoms with Crippen molar-refractivity contribution in [2.45, 2.75) is 29.4 Å². The highest BCUT2D eigenvalue weighted by molar-refractivity contribution is 14.1. The van der Waals surface area contributed by atoms with E-state index in [1.807, 2.05) is 18.2 Å². The average Bonchev–Trinajstić information content (AvgIpc) is 2.81. The molecule has 1 unspecified atom stereocenters. The Labute approximate surface area is 147 Å². The number of anilines is 1. The third-order valence-corrected chi connectivity index (χ3v) is 5.50. The van der Waals surface area contributed by atoms with Gasteiger partial charge in [-0.15, -0.1) is 0 Å². The first-order valence-electron chi connectivity index (χ1n) is 7.70. The van der Waals surface area contributed by atoms with Crippen LogP contribution in [0.4, 0.5) is 5.69 Å². The molecule has 3 aliphatic heterocycles. The molecule has 0 saturated carbocycles. The average molecular weight is 425 g/mol. The minimum atomic E-state index is -0.547. The van der Waals surface area contributed by atoms with Gasteiger partial charge in [0.1, 0.15) is 6.04 Å². The lowest BCUT2D eigenvalue weighted by molar-refractivity contribution is -0.136. The van der Waals surface area contributed by atoms with E-state index in [0.717, 1.165) is 29.9 Å². The van der Waals surface area contributed by atoms with Crippen molar-refractivity contribution in [2.24, 2.45) is 0 Å². The number of carbonyl (C=O) groups excluding carboxylic acids is 3. The molecule has 0 bridgehead atoms. The van der Waals surface area contributed by atoms with Crippen molar-refractivity contribution in [3.63, 3.8) is 0 Å². The topological polar surface area (TPSA) is 69.7 Å². The highest BCUT2D eigenvalue weighted by Gasteiger charge is 2.41. The molecule has 23 heavy (non-hydrogen) atoms. The van der Waals surface area contributed by atoms with E-state index < -0.39 is 6.04 Å². The molecule has 7 heteroatoms. The van der Waals surface area contributed by atoms with Gasteiger partial charge in [0.15, 0.2) is 0 Å². The van der Waals surface area contributed by atoms with Gasteiger partial charge in [0.05, 0.1) is 5.56 Å². The molecule has 1 N–H and O–H groups in total. The van der Waals surface area contributed by atoms with Gasteiger partial charge in [0.2, 0.25) is 11.8 Å². The predicted octanol–water partition coefficient (Wildman–Crippen LogP) is 1.07. The second-order valence-electron chi connectivity index (χ2n) is 6.21. The summed E-state index contributed by atoms with van der Waals surface area (Å²) in [4.78, 5) is 40.1. The number of alkyl halides is 1. The van der Waals surface area contributed by atoms with Gasteiger partial charge in [-0.05, 0) is 18.1 Å². The fraction of sp³-hybridized carbons (Fsp3) is 0.438. The van der Waals surface area contributed by atoms with E-state index in [1.165, 1.54) is 0 Å². The van der Waals surface area contributed by atoms with Crippen LogP contribution in [0.2, 0.25) is 0 Å². The fourth-order valence-electron chi connectivity index (χ4n) is 3.48. The maximum absolute atomic E-state index is 12.9. The molecule has 120 valence electrons. The first-order chi connectivity index (χ1) is 11.0.